The Kier molecular flexibility index (Phi) is 7.92. The Morgan fingerprint density at radius 2 is 1.59 bits per heavy atom. The topological polar surface area (TPSA) is 133 Å². The number of carbonyl (C=O) groups excluding carboxylic acids is 2. The second-order valence-electron chi connectivity index (χ2n) is 9.47. The molecule has 0 radical (unpaired) electrons. The lowest BCUT2D eigenvalue weighted by Crippen LogP contribution is -2.49. The SMILES string of the molecule is O=C(NS(=O)(=O)Cc1ccccc1)c1ccc(N2CCN(C(=O)c3ccc(-c4ccc(O)cc4)c(F)c3)CC2)nn1. The van der Waals surface area contributed by atoms with Crippen LogP contribution in [0, 0.1) is 5.82 Å². The average Bonchev–Trinajstić information content (AvgIpc) is 2.97. The van der Waals surface area contributed by atoms with E-state index < -0.39 is 21.7 Å². The summed E-state index contributed by atoms with van der Waals surface area (Å²) >= 11 is 0. The van der Waals surface area contributed by atoms with Crippen molar-refractivity contribution in [1.29, 1.82) is 0 Å². The number of phenolic OH excluding ortho intramolecular Hbond substituents is 1. The van der Waals surface area contributed by atoms with Crippen LogP contribution in [0.15, 0.2) is 84.9 Å². The molecule has 5 rings (SSSR count). The van der Waals surface area contributed by atoms with Crippen LogP contribution in [0.3, 0.4) is 0 Å². The molecule has 210 valence electrons. The van der Waals surface area contributed by atoms with E-state index in [0.29, 0.717) is 48.7 Å². The van der Waals surface area contributed by atoms with Gasteiger partial charge in [0.05, 0.1) is 5.75 Å². The molecule has 2 amide bonds. The van der Waals surface area contributed by atoms with Gasteiger partial charge in [0.25, 0.3) is 11.8 Å². The Hall–Kier alpha value is -4.84. The minimum absolute atomic E-state index is 0.0810. The summed E-state index contributed by atoms with van der Waals surface area (Å²) in [5, 5.41) is 17.4. The van der Waals surface area contributed by atoms with Crippen LogP contribution < -0.4 is 9.62 Å². The average molecular weight is 576 g/mol. The van der Waals surface area contributed by atoms with Gasteiger partial charge in [0.2, 0.25) is 10.0 Å². The molecule has 4 aromatic rings. The fourth-order valence-corrected chi connectivity index (χ4v) is 5.57. The molecule has 3 aromatic carbocycles. The van der Waals surface area contributed by atoms with Crippen molar-refractivity contribution in [3.63, 3.8) is 0 Å². The Bertz CT molecular complexity index is 1660. The molecule has 1 aromatic heterocycles. The van der Waals surface area contributed by atoms with E-state index in [0.717, 1.165) is 0 Å². The lowest BCUT2D eigenvalue weighted by atomic mass is 10.0. The first-order valence-corrected chi connectivity index (χ1v) is 14.4. The van der Waals surface area contributed by atoms with Crippen molar-refractivity contribution in [3.8, 4) is 16.9 Å². The number of piperazine rings is 1. The van der Waals surface area contributed by atoms with E-state index in [1.165, 1.54) is 24.3 Å². The maximum atomic E-state index is 14.8. The number of phenols is 1. The van der Waals surface area contributed by atoms with Crippen molar-refractivity contribution in [2.45, 2.75) is 5.75 Å². The first-order valence-electron chi connectivity index (χ1n) is 12.7. The highest BCUT2D eigenvalue weighted by Gasteiger charge is 2.25. The summed E-state index contributed by atoms with van der Waals surface area (Å²) in [7, 11) is -3.92. The predicted octanol–water partition coefficient (Wildman–Crippen LogP) is 3.21. The standard InChI is InChI=1S/C29H26FN5O5S/c30-25-18-22(8-11-24(25)21-6-9-23(36)10-7-21)29(38)35-16-14-34(15-17-35)27-13-12-26(31-32-27)28(37)33-41(39,40)19-20-4-2-1-3-5-20/h1-13,18,36H,14-17,19H2,(H,33,37). The van der Waals surface area contributed by atoms with Crippen LogP contribution in [0.1, 0.15) is 26.4 Å². The van der Waals surface area contributed by atoms with Crippen LogP contribution in [-0.2, 0) is 15.8 Å². The summed E-state index contributed by atoms with van der Waals surface area (Å²) in [6, 6.07) is 21.9. The number of amides is 2. The van der Waals surface area contributed by atoms with Gasteiger partial charge in [-0.15, -0.1) is 10.2 Å². The van der Waals surface area contributed by atoms with Gasteiger partial charge in [-0.2, -0.15) is 0 Å². The van der Waals surface area contributed by atoms with Crippen molar-refractivity contribution < 1.29 is 27.5 Å². The Labute approximate surface area is 236 Å². The predicted molar refractivity (Wildman–Crippen MR) is 150 cm³/mol. The highest BCUT2D eigenvalue weighted by atomic mass is 32.2. The van der Waals surface area contributed by atoms with Crippen LogP contribution in [-0.4, -0.2) is 66.6 Å². The number of carbonyl (C=O) groups is 2. The number of sulfonamides is 1. The fourth-order valence-electron chi connectivity index (χ4n) is 4.48. The number of aromatic hydroxyl groups is 1. The normalized spacial score (nSPS) is 13.6. The first-order chi connectivity index (χ1) is 19.7. The van der Waals surface area contributed by atoms with Gasteiger partial charge in [0.15, 0.2) is 11.5 Å². The van der Waals surface area contributed by atoms with E-state index in [4.69, 9.17) is 0 Å². The Morgan fingerprint density at radius 3 is 2.22 bits per heavy atom. The van der Waals surface area contributed by atoms with E-state index in [1.54, 1.807) is 65.6 Å². The van der Waals surface area contributed by atoms with E-state index in [9.17, 15) is 27.5 Å². The van der Waals surface area contributed by atoms with E-state index in [1.807, 2.05) is 9.62 Å². The van der Waals surface area contributed by atoms with Gasteiger partial charge in [-0.3, -0.25) is 9.59 Å². The minimum Gasteiger partial charge on any atom is -0.508 e. The molecule has 1 aliphatic rings. The van der Waals surface area contributed by atoms with Crippen LogP contribution in [0.25, 0.3) is 11.1 Å². The number of benzene rings is 3. The highest BCUT2D eigenvalue weighted by Crippen LogP contribution is 2.26. The number of hydrogen-bond donors (Lipinski definition) is 2. The molecule has 0 saturated carbocycles. The van der Waals surface area contributed by atoms with Gasteiger partial charge in [0.1, 0.15) is 11.6 Å². The number of halogens is 1. The molecule has 12 heteroatoms. The Morgan fingerprint density at radius 1 is 0.878 bits per heavy atom. The number of anilines is 1. The molecular formula is C29H26FN5O5S. The van der Waals surface area contributed by atoms with E-state index >= 15 is 0 Å². The van der Waals surface area contributed by atoms with Gasteiger partial charge in [-0.05, 0) is 47.5 Å². The van der Waals surface area contributed by atoms with E-state index in [-0.39, 0.29) is 28.7 Å². The summed E-state index contributed by atoms with van der Waals surface area (Å²) in [6.45, 7) is 1.60. The van der Waals surface area contributed by atoms with Crippen molar-refractivity contribution >= 4 is 27.7 Å². The Balaban J connectivity index is 1.16. The molecule has 0 bridgehead atoms. The second-order valence-corrected chi connectivity index (χ2v) is 11.2. The summed E-state index contributed by atoms with van der Waals surface area (Å²) in [4.78, 5) is 29.0. The summed E-state index contributed by atoms with van der Waals surface area (Å²) < 4.78 is 41.5. The zero-order chi connectivity index (χ0) is 29.0. The van der Waals surface area contributed by atoms with Crippen molar-refractivity contribution in [2.75, 3.05) is 31.1 Å². The molecule has 0 atom stereocenters. The number of aromatic nitrogens is 2. The van der Waals surface area contributed by atoms with Gasteiger partial charge in [-0.25, -0.2) is 17.5 Å². The molecule has 1 saturated heterocycles. The van der Waals surface area contributed by atoms with Crippen molar-refractivity contribution in [1.82, 2.24) is 19.8 Å². The quantitative estimate of drug-likeness (QED) is 0.343. The van der Waals surface area contributed by atoms with Gasteiger partial charge in [-0.1, -0.05) is 48.5 Å². The van der Waals surface area contributed by atoms with Gasteiger partial charge < -0.3 is 14.9 Å². The number of hydrogen-bond acceptors (Lipinski definition) is 8. The zero-order valence-electron chi connectivity index (χ0n) is 21.8. The summed E-state index contributed by atoms with van der Waals surface area (Å²) in [6.07, 6.45) is 0. The number of rotatable bonds is 7. The molecule has 2 heterocycles. The molecule has 1 aliphatic heterocycles. The third-order valence-corrected chi connectivity index (χ3v) is 7.83. The number of nitrogens with zero attached hydrogens (tertiary/aromatic N) is 4. The second kappa shape index (κ2) is 11.7. The number of nitrogens with one attached hydrogen (secondary N) is 1. The van der Waals surface area contributed by atoms with E-state index in [2.05, 4.69) is 10.2 Å². The monoisotopic (exact) mass is 575 g/mol. The smallest absolute Gasteiger partial charge is 0.285 e. The molecule has 2 N–H and O–H groups in total. The van der Waals surface area contributed by atoms with Crippen molar-refractivity contribution in [2.24, 2.45) is 0 Å². The maximum Gasteiger partial charge on any atom is 0.285 e. The minimum atomic E-state index is -3.92. The molecule has 10 nitrogen and oxygen atoms in total. The van der Waals surface area contributed by atoms with Crippen LogP contribution in [0.2, 0.25) is 0 Å². The third kappa shape index (κ3) is 6.67. The zero-order valence-corrected chi connectivity index (χ0v) is 22.6. The molecule has 1 fully saturated rings. The van der Waals surface area contributed by atoms with Gasteiger partial charge >= 0.3 is 0 Å². The first kappa shape index (κ1) is 27.7. The largest absolute Gasteiger partial charge is 0.508 e. The van der Waals surface area contributed by atoms with Crippen molar-refractivity contribution in [3.05, 3.63) is 108 Å². The van der Waals surface area contributed by atoms with Gasteiger partial charge in [0, 0.05) is 37.3 Å². The lowest BCUT2D eigenvalue weighted by molar-refractivity contribution is 0.0745. The molecule has 41 heavy (non-hydrogen) atoms. The molecule has 0 unspecified atom stereocenters. The lowest BCUT2D eigenvalue weighted by Gasteiger charge is -2.35. The molecule has 0 aliphatic carbocycles. The van der Waals surface area contributed by atoms with Crippen LogP contribution in [0.5, 0.6) is 5.75 Å². The third-order valence-electron chi connectivity index (χ3n) is 6.62. The fraction of sp³-hybridized carbons (Fsp3) is 0.172. The molecule has 0 spiro atoms. The van der Waals surface area contributed by atoms with Crippen LogP contribution >= 0.6 is 0 Å². The molecular weight excluding hydrogens is 549 g/mol. The highest BCUT2D eigenvalue weighted by molar-refractivity contribution is 7.89. The van der Waals surface area contributed by atoms with Crippen LogP contribution in [0.4, 0.5) is 10.2 Å². The summed E-state index contributed by atoms with van der Waals surface area (Å²) in [5.74, 6) is -1.49. The maximum absolute atomic E-state index is 14.8. The summed E-state index contributed by atoms with van der Waals surface area (Å²) in [5.41, 5.74) is 1.55.